The fraction of sp³-hybridized carbons (Fsp3) is 0.176. The van der Waals surface area contributed by atoms with Crippen LogP contribution in [-0.2, 0) is 4.74 Å². The van der Waals surface area contributed by atoms with Gasteiger partial charge in [-0.2, -0.15) is 0 Å². The van der Waals surface area contributed by atoms with Gasteiger partial charge in [-0.1, -0.05) is 17.7 Å². The van der Waals surface area contributed by atoms with Crippen molar-refractivity contribution in [2.45, 2.75) is 13.0 Å². The number of nitro groups is 1. The highest BCUT2D eigenvalue weighted by Gasteiger charge is 2.20. The number of rotatable bonds is 5. The Bertz CT molecular complexity index is 887. The molecule has 0 aliphatic rings. The second-order valence-corrected chi connectivity index (χ2v) is 5.79. The van der Waals surface area contributed by atoms with Crippen LogP contribution in [0.25, 0.3) is 0 Å². The van der Waals surface area contributed by atoms with Crippen molar-refractivity contribution < 1.29 is 23.6 Å². The number of nitrogens with one attached hydrogen (secondary N) is 1. The summed E-state index contributed by atoms with van der Waals surface area (Å²) in [5, 5.41) is 13.5. The third kappa shape index (κ3) is 4.34. The molecule has 1 unspecified atom stereocenters. The number of carbonyl (C=O) groups is 2. The van der Waals surface area contributed by atoms with Crippen LogP contribution in [0.4, 0.5) is 10.1 Å². The highest BCUT2D eigenvalue weighted by Crippen LogP contribution is 2.22. The van der Waals surface area contributed by atoms with E-state index in [0.717, 1.165) is 19.2 Å². The molecule has 0 saturated heterocycles. The molecule has 2 aromatic rings. The monoisotopic (exact) mass is 380 g/mol. The number of halogens is 2. The first kappa shape index (κ1) is 19.3. The van der Waals surface area contributed by atoms with Crippen molar-refractivity contribution in [2.24, 2.45) is 0 Å². The van der Waals surface area contributed by atoms with E-state index in [1.807, 2.05) is 0 Å². The number of nitrogens with zero attached hydrogens (tertiary/aromatic N) is 1. The number of carbonyl (C=O) groups excluding carboxylic acids is 2. The number of benzene rings is 2. The Hall–Kier alpha value is -3.00. The summed E-state index contributed by atoms with van der Waals surface area (Å²) in [4.78, 5) is 34.4. The van der Waals surface area contributed by atoms with Crippen LogP contribution in [0.15, 0.2) is 36.4 Å². The summed E-state index contributed by atoms with van der Waals surface area (Å²) in [6.45, 7) is 1.64. The van der Waals surface area contributed by atoms with E-state index in [4.69, 9.17) is 11.6 Å². The van der Waals surface area contributed by atoms with Crippen molar-refractivity contribution in [1.29, 1.82) is 0 Å². The lowest BCUT2D eigenvalue weighted by Crippen LogP contribution is -2.27. The first-order chi connectivity index (χ1) is 12.2. The maximum absolute atomic E-state index is 13.2. The van der Waals surface area contributed by atoms with Crippen molar-refractivity contribution in [1.82, 2.24) is 5.32 Å². The lowest BCUT2D eigenvalue weighted by Gasteiger charge is -2.15. The molecule has 0 saturated carbocycles. The van der Waals surface area contributed by atoms with E-state index in [9.17, 15) is 24.1 Å². The lowest BCUT2D eigenvalue weighted by atomic mass is 10.1. The zero-order chi connectivity index (χ0) is 19.4. The van der Waals surface area contributed by atoms with Gasteiger partial charge in [0.2, 0.25) is 0 Å². The van der Waals surface area contributed by atoms with E-state index in [1.165, 1.54) is 24.3 Å². The number of hydrogen-bond acceptors (Lipinski definition) is 5. The quantitative estimate of drug-likeness (QED) is 0.485. The standard InChI is InChI=1S/C17H14ClFN2O5/c1-9(10-3-4-15(19)14(18)8-10)20-16(22)11-5-12(17(23)26-2)7-13(6-11)21(24)25/h3-9H,1-2H3,(H,20,22). The van der Waals surface area contributed by atoms with E-state index >= 15 is 0 Å². The molecular formula is C17H14ClFN2O5. The molecule has 0 radical (unpaired) electrons. The van der Waals surface area contributed by atoms with Gasteiger partial charge < -0.3 is 10.1 Å². The number of amides is 1. The summed E-state index contributed by atoms with van der Waals surface area (Å²) in [6, 6.07) is 6.70. The third-order valence-electron chi connectivity index (χ3n) is 3.60. The first-order valence-electron chi connectivity index (χ1n) is 7.36. The topological polar surface area (TPSA) is 98.5 Å². The predicted octanol–water partition coefficient (Wildman–Crippen LogP) is 3.66. The van der Waals surface area contributed by atoms with Gasteiger partial charge in [0.05, 0.1) is 28.7 Å². The van der Waals surface area contributed by atoms with E-state index in [-0.39, 0.29) is 16.1 Å². The smallest absolute Gasteiger partial charge is 0.338 e. The summed E-state index contributed by atoms with van der Waals surface area (Å²) in [5.41, 5.74) is -0.0807. The van der Waals surface area contributed by atoms with E-state index < -0.39 is 34.3 Å². The van der Waals surface area contributed by atoms with Gasteiger partial charge in [-0.3, -0.25) is 14.9 Å². The molecule has 9 heteroatoms. The molecule has 7 nitrogen and oxygen atoms in total. The average Bonchev–Trinajstić information content (AvgIpc) is 2.62. The number of ether oxygens (including phenoxy) is 1. The maximum Gasteiger partial charge on any atom is 0.338 e. The van der Waals surface area contributed by atoms with Crippen molar-refractivity contribution in [2.75, 3.05) is 7.11 Å². The normalized spacial score (nSPS) is 11.5. The molecule has 1 atom stereocenters. The Labute approximate surface area is 152 Å². The van der Waals surface area contributed by atoms with Gasteiger partial charge in [-0.05, 0) is 30.7 Å². The lowest BCUT2D eigenvalue weighted by molar-refractivity contribution is -0.384. The molecule has 2 rings (SSSR count). The Morgan fingerprint density at radius 1 is 1.23 bits per heavy atom. The fourth-order valence-electron chi connectivity index (χ4n) is 2.23. The van der Waals surface area contributed by atoms with E-state index in [0.29, 0.717) is 5.56 Å². The van der Waals surface area contributed by atoms with Gasteiger partial charge in [0.25, 0.3) is 11.6 Å². The molecule has 26 heavy (non-hydrogen) atoms. The minimum absolute atomic E-state index is 0.0836. The summed E-state index contributed by atoms with van der Waals surface area (Å²) in [6.07, 6.45) is 0. The van der Waals surface area contributed by atoms with Gasteiger partial charge in [0, 0.05) is 17.7 Å². The minimum Gasteiger partial charge on any atom is -0.465 e. The van der Waals surface area contributed by atoms with Crippen LogP contribution >= 0.6 is 11.6 Å². The molecule has 1 amide bonds. The minimum atomic E-state index is -0.805. The number of nitro benzene ring substituents is 1. The zero-order valence-electron chi connectivity index (χ0n) is 13.8. The Kier molecular flexibility index (Phi) is 5.89. The molecule has 0 fully saturated rings. The maximum atomic E-state index is 13.2. The second kappa shape index (κ2) is 7.92. The van der Waals surface area contributed by atoms with Crippen LogP contribution in [-0.4, -0.2) is 23.9 Å². The van der Waals surface area contributed by atoms with Crippen LogP contribution in [0.2, 0.25) is 5.02 Å². The average molecular weight is 381 g/mol. The fourth-order valence-corrected chi connectivity index (χ4v) is 2.42. The van der Waals surface area contributed by atoms with Crippen molar-refractivity contribution >= 4 is 29.2 Å². The van der Waals surface area contributed by atoms with Gasteiger partial charge in [-0.15, -0.1) is 0 Å². The molecule has 136 valence electrons. The van der Waals surface area contributed by atoms with Crippen LogP contribution in [0.3, 0.4) is 0 Å². The summed E-state index contributed by atoms with van der Waals surface area (Å²) in [5.74, 6) is -2.04. The summed E-state index contributed by atoms with van der Waals surface area (Å²) < 4.78 is 17.8. The molecule has 0 aliphatic heterocycles. The van der Waals surface area contributed by atoms with Gasteiger partial charge >= 0.3 is 5.97 Å². The Morgan fingerprint density at radius 2 is 1.88 bits per heavy atom. The second-order valence-electron chi connectivity index (χ2n) is 5.39. The van der Waals surface area contributed by atoms with E-state index in [1.54, 1.807) is 6.92 Å². The Morgan fingerprint density at radius 3 is 2.46 bits per heavy atom. The van der Waals surface area contributed by atoms with Gasteiger partial charge in [0.15, 0.2) is 0 Å². The number of esters is 1. The first-order valence-corrected chi connectivity index (χ1v) is 7.74. The van der Waals surface area contributed by atoms with Gasteiger partial charge in [0.1, 0.15) is 5.82 Å². The molecular weight excluding hydrogens is 367 g/mol. The van der Waals surface area contributed by atoms with Crippen LogP contribution in [0, 0.1) is 15.9 Å². The van der Waals surface area contributed by atoms with Crippen LogP contribution < -0.4 is 5.32 Å². The number of hydrogen-bond donors (Lipinski definition) is 1. The third-order valence-corrected chi connectivity index (χ3v) is 3.89. The highest BCUT2D eigenvalue weighted by molar-refractivity contribution is 6.30. The molecule has 2 aromatic carbocycles. The van der Waals surface area contributed by atoms with Crippen molar-refractivity contribution in [3.63, 3.8) is 0 Å². The number of methoxy groups -OCH3 is 1. The van der Waals surface area contributed by atoms with Crippen molar-refractivity contribution in [3.8, 4) is 0 Å². The predicted molar refractivity (Wildman–Crippen MR) is 91.7 cm³/mol. The molecule has 0 aromatic heterocycles. The van der Waals surface area contributed by atoms with E-state index in [2.05, 4.69) is 10.1 Å². The van der Waals surface area contributed by atoms with Crippen molar-refractivity contribution in [3.05, 3.63) is 74.0 Å². The molecule has 0 bridgehead atoms. The Balaban J connectivity index is 2.30. The number of non-ortho nitro benzene ring substituents is 1. The van der Waals surface area contributed by atoms with Crippen LogP contribution in [0.1, 0.15) is 39.2 Å². The molecule has 0 heterocycles. The SMILES string of the molecule is COC(=O)c1cc(C(=O)NC(C)c2ccc(F)c(Cl)c2)cc([N+](=O)[O-])c1. The highest BCUT2D eigenvalue weighted by atomic mass is 35.5. The largest absolute Gasteiger partial charge is 0.465 e. The summed E-state index contributed by atoms with van der Waals surface area (Å²) >= 11 is 5.72. The zero-order valence-corrected chi connectivity index (χ0v) is 14.5. The summed E-state index contributed by atoms with van der Waals surface area (Å²) in [7, 11) is 1.13. The molecule has 0 spiro atoms. The molecule has 1 N–H and O–H groups in total. The molecule has 0 aliphatic carbocycles. The van der Waals surface area contributed by atoms with Crippen LogP contribution in [0.5, 0.6) is 0 Å². The van der Waals surface area contributed by atoms with Gasteiger partial charge in [-0.25, -0.2) is 9.18 Å².